The van der Waals surface area contributed by atoms with Gasteiger partial charge in [0, 0.05) is 4.47 Å². The summed E-state index contributed by atoms with van der Waals surface area (Å²) >= 11 is 4.52. The van der Waals surface area contributed by atoms with Gasteiger partial charge in [0.1, 0.15) is 11.6 Å². The Labute approximate surface area is 193 Å². The van der Waals surface area contributed by atoms with Crippen LogP contribution >= 0.6 is 27.3 Å². The van der Waals surface area contributed by atoms with Gasteiger partial charge in [0.2, 0.25) is 5.78 Å². The van der Waals surface area contributed by atoms with Crippen LogP contribution in [0.4, 0.5) is 9.52 Å². The SMILES string of the molecule is Cc1ccc(C(=O)C2=C(O)C(=O)N(c3nc4ccc(F)cc4s3)C2c2cccc(Br)c2)o1. The van der Waals surface area contributed by atoms with E-state index in [2.05, 4.69) is 20.9 Å². The molecule has 9 heteroatoms. The maximum absolute atomic E-state index is 13.7. The number of aliphatic hydroxyl groups is 1. The molecule has 0 bridgehead atoms. The predicted molar refractivity (Wildman–Crippen MR) is 121 cm³/mol. The minimum atomic E-state index is -0.941. The average molecular weight is 513 g/mol. The van der Waals surface area contributed by atoms with Gasteiger partial charge in [-0.25, -0.2) is 9.37 Å². The normalized spacial score (nSPS) is 16.4. The zero-order valence-electron chi connectivity index (χ0n) is 16.5. The maximum Gasteiger partial charge on any atom is 0.296 e. The number of halogens is 2. The van der Waals surface area contributed by atoms with Crippen LogP contribution in [0, 0.1) is 12.7 Å². The molecule has 3 heterocycles. The average Bonchev–Trinajstić information content (AvgIpc) is 3.44. The number of furan rings is 1. The molecule has 0 saturated carbocycles. The van der Waals surface area contributed by atoms with Crippen LogP contribution in [0.1, 0.15) is 27.9 Å². The van der Waals surface area contributed by atoms with E-state index in [1.54, 1.807) is 31.2 Å². The zero-order valence-corrected chi connectivity index (χ0v) is 18.9. The fourth-order valence-corrected chi connectivity index (χ4v) is 5.14. The van der Waals surface area contributed by atoms with Crippen LogP contribution in [0.5, 0.6) is 0 Å². The highest BCUT2D eigenvalue weighted by atomic mass is 79.9. The fraction of sp³-hybridized carbons (Fsp3) is 0.0870. The van der Waals surface area contributed by atoms with Crippen LogP contribution in [0.25, 0.3) is 10.2 Å². The van der Waals surface area contributed by atoms with Crippen molar-refractivity contribution < 1.29 is 23.5 Å². The number of hydrogen-bond donors (Lipinski definition) is 1. The summed E-state index contributed by atoms with van der Waals surface area (Å²) in [6, 6.07) is 13.4. The summed E-state index contributed by atoms with van der Waals surface area (Å²) in [5.41, 5.74) is 0.995. The third kappa shape index (κ3) is 3.34. The number of aromatic nitrogens is 1. The number of carbonyl (C=O) groups is 2. The largest absolute Gasteiger partial charge is 0.503 e. The summed E-state index contributed by atoms with van der Waals surface area (Å²) in [5, 5.41) is 11.0. The molecule has 0 aliphatic carbocycles. The first-order valence-corrected chi connectivity index (χ1v) is 11.1. The van der Waals surface area contributed by atoms with E-state index in [4.69, 9.17) is 4.42 Å². The van der Waals surface area contributed by atoms with Crippen molar-refractivity contribution in [3.05, 3.63) is 93.3 Å². The molecule has 1 N–H and O–H groups in total. The Hall–Kier alpha value is -3.30. The molecule has 32 heavy (non-hydrogen) atoms. The molecular formula is C23H14BrFN2O4S. The molecule has 2 aromatic heterocycles. The van der Waals surface area contributed by atoms with Crippen LogP contribution in [0.15, 0.2) is 74.8 Å². The number of rotatable bonds is 4. The summed E-state index contributed by atoms with van der Waals surface area (Å²) in [5.74, 6) is -1.90. The van der Waals surface area contributed by atoms with Gasteiger partial charge in [-0.2, -0.15) is 0 Å². The zero-order chi connectivity index (χ0) is 22.6. The van der Waals surface area contributed by atoms with Gasteiger partial charge < -0.3 is 9.52 Å². The number of Topliss-reactive ketones (excluding diaryl/α,β-unsaturated/α-hetero) is 1. The highest BCUT2D eigenvalue weighted by molar-refractivity contribution is 9.10. The molecule has 160 valence electrons. The topological polar surface area (TPSA) is 83.6 Å². The Bertz CT molecular complexity index is 1440. The van der Waals surface area contributed by atoms with Crippen LogP contribution in [0.2, 0.25) is 0 Å². The molecule has 1 amide bonds. The Morgan fingerprint density at radius 3 is 2.75 bits per heavy atom. The number of hydrogen-bond acceptors (Lipinski definition) is 6. The van der Waals surface area contributed by atoms with E-state index in [1.165, 1.54) is 29.2 Å². The van der Waals surface area contributed by atoms with Gasteiger partial charge in [0.15, 0.2) is 16.7 Å². The molecule has 1 atom stereocenters. The van der Waals surface area contributed by atoms with Crippen LogP contribution in [-0.2, 0) is 4.79 Å². The summed E-state index contributed by atoms with van der Waals surface area (Å²) in [4.78, 5) is 32.2. The number of ketones is 1. The van der Waals surface area contributed by atoms with E-state index in [0.717, 1.165) is 15.8 Å². The Kier molecular flexibility index (Phi) is 4.94. The summed E-state index contributed by atoms with van der Waals surface area (Å²) in [6.45, 7) is 1.70. The molecule has 0 fully saturated rings. The van der Waals surface area contributed by atoms with Gasteiger partial charge in [-0.05, 0) is 55.0 Å². The van der Waals surface area contributed by atoms with Crippen molar-refractivity contribution in [1.29, 1.82) is 0 Å². The van der Waals surface area contributed by atoms with Gasteiger partial charge in [0.25, 0.3) is 5.91 Å². The predicted octanol–water partition coefficient (Wildman–Crippen LogP) is 5.88. The Morgan fingerprint density at radius 1 is 1.22 bits per heavy atom. The van der Waals surface area contributed by atoms with Crippen molar-refractivity contribution in [2.45, 2.75) is 13.0 Å². The summed E-state index contributed by atoms with van der Waals surface area (Å²) < 4.78 is 20.4. The number of aliphatic hydroxyl groups excluding tert-OH is 1. The number of anilines is 1. The van der Waals surface area contributed by atoms with E-state index in [9.17, 15) is 19.1 Å². The van der Waals surface area contributed by atoms with Crippen LogP contribution in [-0.4, -0.2) is 21.8 Å². The summed E-state index contributed by atoms with van der Waals surface area (Å²) in [7, 11) is 0. The lowest BCUT2D eigenvalue weighted by Gasteiger charge is -2.24. The lowest BCUT2D eigenvalue weighted by atomic mass is 9.95. The van der Waals surface area contributed by atoms with Gasteiger partial charge in [-0.1, -0.05) is 39.4 Å². The number of amides is 1. The quantitative estimate of drug-likeness (QED) is 0.345. The minimum absolute atomic E-state index is 0.0186. The number of benzene rings is 2. The van der Waals surface area contributed by atoms with Crippen molar-refractivity contribution >= 4 is 54.3 Å². The van der Waals surface area contributed by atoms with Gasteiger partial charge in [-0.15, -0.1) is 0 Å². The molecule has 1 unspecified atom stereocenters. The first-order valence-electron chi connectivity index (χ1n) is 9.53. The third-order valence-electron chi connectivity index (χ3n) is 5.13. The third-order valence-corrected chi connectivity index (χ3v) is 6.64. The van der Waals surface area contributed by atoms with Crippen molar-refractivity contribution in [3.63, 3.8) is 0 Å². The second kappa shape index (κ2) is 7.68. The molecule has 0 spiro atoms. The minimum Gasteiger partial charge on any atom is -0.503 e. The van der Waals surface area contributed by atoms with Crippen molar-refractivity contribution in [3.8, 4) is 0 Å². The number of fused-ring (bicyclic) bond motifs is 1. The number of thiazole rings is 1. The van der Waals surface area contributed by atoms with Crippen molar-refractivity contribution in [1.82, 2.24) is 4.98 Å². The first-order chi connectivity index (χ1) is 15.3. The van der Waals surface area contributed by atoms with Crippen molar-refractivity contribution in [2.24, 2.45) is 0 Å². The lowest BCUT2D eigenvalue weighted by molar-refractivity contribution is -0.117. The van der Waals surface area contributed by atoms with Gasteiger partial charge in [-0.3, -0.25) is 14.5 Å². The van der Waals surface area contributed by atoms with Gasteiger partial charge >= 0.3 is 0 Å². The maximum atomic E-state index is 13.7. The Balaban J connectivity index is 1.69. The number of aryl methyl sites for hydroxylation is 1. The molecule has 1 aliphatic rings. The highest BCUT2D eigenvalue weighted by Crippen LogP contribution is 2.44. The molecule has 4 aromatic rings. The fourth-order valence-electron chi connectivity index (χ4n) is 3.71. The highest BCUT2D eigenvalue weighted by Gasteiger charge is 2.46. The molecule has 5 rings (SSSR count). The number of carbonyl (C=O) groups excluding carboxylic acids is 2. The molecule has 2 aromatic carbocycles. The van der Waals surface area contributed by atoms with E-state index in [1.807, 2.05) is 6.07 Å². The standard InChI is InChI=1S/C23H14BrFN2O4S/c1-11-5-8-16(31-11)20(28)18-19(12-3-2-4-13(24)9-12)27(22(30)21(18)29)23-26-15-7-6-14(25)10-17(15)32-23/h2-10,19,29H,1H3. The first kappa shape index (κ1) is 20.6. The molecular weight excluding hydrogens is 499 g/mol. The molecule has 0 saturated heterocycles. The van der Waals surface area contributed by atoms with E-state index in [-0.39, 0.29) is 16.5 Å². The van der Waals surface area contributed by atoms with Gasteiger partial charge in [0.05, 0.1) is 21.8 Å². The van der Waals surface area contributed by atoms with E-state index >= 15 is 0 Å². The van der Waals surface area contributed by atoms with Crippen molar-refractivity contribution in [2.75, 3.05) is 4.90 Å². The van der Waals surface area contributed by atoms with E-state index < -0.39 is 29.3 Å². The second-order valence-electron chi connectivity index (χ2n) is 7.24. The second-order valence-corrected chi connectivity index (χ2v) is 9.17. The molecule has 0 radical (unpaired) electrons. The van der Waals surface area contributed by atoms with Crippen LogP contribution in [0.3, 0.4) is 0 Å². The Morgan fingerprint density at radius 2 is 2.03 bits per heavy atom. The molecule has 6 nitrogen and oxygen atoms in total. The van der Waals surface area contributed by atoms with E-state index in [0.29, 0.717) is 21.5 Å². The number of nitrogens with zero attached hydrogens (tertiary/aromatic N) is 2. The molecule has 1 aliphatic heterocycles. The van der Waals surface area contributed by atoms with Crippen LogP contribution < -0.4 is 4.90 Å². The monoisotopic (exact) mass is 512 g/mol. The smallest absolute Gasteiger partial charge is 0.296 e. The lowest BCUT2D eigenvalue weighted by Crippen LogP contribution is -2.30. The summed E-state index contributed by atoms with van der Waals surface area (Å²) in [6.07, 6.45) is 0.